The van der Waals surface area contributed by atoms with E-state index in [2.05, 4.69) is 4.98 Å². The largest absolute Gasteiger partial charge is 0.458 e. The topological polar surface area (TPSA) is 51.2 Å². The lowest BCUT2D eigenvalue weighted by molar-refractivity contribution is 0.179. The lowest BCUT2D eigenvalue weighted by atomic mass is 10.2. The van der Waals surface area contributed by atoms with Crippen LogP contribution in [0.4, 0.5) is 0 Å². The second-order valence-corrected chi connectivity index (χ2v) is 3.99. The molecule has 1 N–H and O–H groups in total. The summed E-state index contributed by atoms with van der Waals surface area (Å²) in [4.78, 5) is 4.12. The number of para-hydroxylation sites is 1. The quantitative estimate of drug-likeness (QED) is 0.731. The highest BCUT2D eigenvalue weighted by molar-refractivity contribution is 5.77. The van der Waals surface area contributed by atoms with E-state index in [1.165, 1.54) is 0 Å². The van der Waals surface area contributed by atoms with E-state index in [0.717, 1.165) is 11.0 Å². The molecule has 86 valence electrons. The molecule has 0 saturated carbocycles. The Hall–Kier alpha value is -2.07. The summed E-state index contributed by atoms with van der Waals surface area (Å²) < 4.78 is 7.38. The number of nitrogens with zero attached hydrogens (tertiary/aromatic N) is 2. The Morgan fingerprint density at radius 1 is 1.35 bits per heavy atom. The van der Waals surface area contributed by atoms with Crippen molar-refractivity contribution in [3.63, 3.8) is 0 Å². The summed E-state index contributed by atoms with van der Waals surface area (Å²) in [5, 5.41) is 11.2. The molecule has 0 aliphatic carbocycles. The number of aliphatic hydroxyl groups excluding tert-OH is 1. The van der Waals surface area contributed by atoms with Crippen LogP contribution in [0, 0.1) is 0 Å². The fraction of sp³-hybridized carbons (Fsp3) is 0.154. The SMILES string of the molecule is Cn1ccnc1C(O)c1cc2ccccc2o1. The Labute approximate surface area is 98.1 Å². The molecule has 1 atom stereocenters. The summed E-state index contributed by atoms with van der Waals surface area (Å²) in [7, 11) is 1.84. The number of hydrogen-bond acceptors (Lipinski definition) is 3. The zero-order valence-corrected chi connectivity index (χ0v) is 9.37. The van der Waals surface area contributed by atoms with Crippen LogP contribution < -0.4 is 0 Å². The van der Waals surface area contributed by atoms with E-state index in [1.54, 1.807) is 17.0 Å². The molecule has 17 heavy (non-hydrogen) atoms. The highest BCUT2D eigenvalue weighted by Crippen LogP contribution is 2.26. The van der Waals surface area contributed by atoms with Crippen molar-refractivity contribution in [1.29, 1.82) is 0 Å². The Bertz CT molecular complexity index is 621. The first-order valence-electron chi connectivity index (χ1n) is 5.39. The van der Waals surface area contributed by atoms with Crippen LogP contribution in [-0.4, -0.2) is 14.7 Å². The molecule has 1 unspecified atom stereocenters. The first kappa shape index (κ1) is 10.1. The first-order valence-corrected chi connectivity index (χ1v) is 5.39. The van der Waals surface area contributed by atoms with Gasteiger partial charge < -0.3 is 14.1 Å². The molecular weight excluding hydrogens is 216 g/mol. The minimum absolute atomic E-state index is 0.514. The van der Waals surface area contributed by atoms with Gasteiger partial charge in [0.25, 0.3) is 0 Å². The van der Waals surface area contributed by atoms with Crippen molar-refractivity contribution in [3.8, 4) is 0 Å². The van der Waals surface area contributed by atoms with Crippen molar-refractivity contribution in [2.75, 3.05) is 0 Å². The minimum atomic E-state index is -0.831. The number of aryl methyl sites for hydroxylation is 1. The Morgan fingerprint density at radius 3 is 2.88 bits per heavy atom. The van der Waals surface area contributed by atoms with Gasteiger partial charge in [-0.3, -0.25) is 0 Å². The van der Waals surface area contributed by atoms with Gasteiger partial charge in [-0.05, 0) is 12.1 Å². The minimum Gasteiger partial charge on any atom is -0.458 e. The molecule has 4 nitrogen and oxygen atoms in total. The first-order chi connectivity index (χ1) is 8.25. The van der Waals surface area contributed by atoms with Gasteiger partial charge in [0.2, 0.25) is 0 Å². The van der Waals surface area contributed by atoms with Gasteiger partial charge in [-0.25, -0.2) is 4.98 Å². The summed E-state index contributed by atoms with van der Waals surface area (Å²) in [5.41, 5.74) is 0.774. The molecule has 0 fully saturated rings. The van der Waals surface area contributed by atoms with Gasteiger partial charge in [0.05, 0.1) is 0 Å². The van der Waals surface area contributed by atoms with Crippen LogP contribution in [0.2, 0.25) is 0 Å². The van der Waals surface area contributed by atoms with E-state index in [0.29, 0.717) is 11.6 Å². The van der Waals surface area contributed by atoms with Crippen molar-refractivity contribution in [1.82, 2.24) is 9.55 Å². The average Bonchev–Trinajstić information content (AvgIpc) is 2.93. The lowest BCUT2D eigenvalue weighted by Crippen LogP contribution is -2.05. The van der Waals surface area contributed by atoms with Crippen molar-refractivity contribution in [2.24, 2.45) is 7.05 Å². The molecule has 3 rings (SSSR count). The average molecular weight is 228 g/mol. The Balaban J connectivity index is 2.07. The third kappa shape index (κ3) is 1.62. The van der Waals surface area contributed by atoms with Gasteiger partial charge in [-0.2, -0.15) is 0 Å². The second kappa shape index (κ2) is 3.75. The third-order valence-corrected chi connectivity index (χ3v) is 2.82. The highest BCUT2D eigenvalue weighted by Gasteiger charge is 2.18. The number of furan rings is 1. The van der Waals surface area contributed by atoms with Gasteiger partial charge in [-0.15, -0.1) is 0 Å². The zero-order valence-electron chi connectivity index (χ0n) is 9.37. The lowest BCUT2D eigenvalue weighted by Gasteiger charge is -2.06. The number of fused-ring (bicyclic) bond motifs is 1. The molecule has 1 aromatic carbocycles. The second-order valence-electron chi connectivity index (χ2n) is 3.99. The molecule has 0 spiro atoms. The number of rotatable bonds is 2. The van der Waals surface area contributed by atoms with Crippen molar-refractivity contribution in [3.05, 3.63) is 54.3 Å². The predicted octanol–water partition coefficient (Wildman–Crippen LogP) is 2.25. The van der Waals surface area contributed by atoms with E-state index >= 15 is 0 Å². The normalized spacial score (nSPS) is 13.1. The molecular formula is C13H12N2O2. The van der Waals surface area contributed by atoms with E-state index in [-0.39, 0.29) is 0 Å². The van der Waals surface area contributed by atoms with E-state index < -0.39 is 6.10 Å². The molecule has 0 saturated heterocycles. The van der Waals surface area contributed by atoms with Gasteiger partial charge in [0.15, 0.2) is 6.10 Å². The van der Waals surface area contributed by atoms with Crippen LogP contribution in [0.1, 0.15) is 17.7 Å². The fourth-order valence-corrected chi connectivity index (χ4v) is 1.91. The molecule has 0 aliphatic heterocycles. The Kier molecular flexibility index (Phi) is 2.23. The predicted molar refractivity (Wildman–Crippen MR) is 63.5 cm³/mol. The van der Waals surface area contributed by atoms with Gasteiger partial charge in [-0.1, -0.05) is 18.2 Å². The maximum absolute atomic E-state index is 10.2. The molecule has 4 heteroatoms. The number of hydrogen-bond donors (Lipinski definition) is 1. The van der Waals surface area contributed by atoms with Gasteiger partial charge >= 0.3 is 0 Å². The summed E-state index contributed by atoms with van der Waals surface area (Å²) >= 11 is 0. The maximum atomic E-state index is 10.2. The molecule has 0 radical (unpaired) electrons. The smallest absolute Gasteiger partial charge is 0.169 e. The van der Waals surface area contributed by atoms with Crippen LogP contribution >= 0.6 is 0 Å². The molecule has 2 heterocycles. The van der Waals surface area contributed by atoms with Crippen molar-refractivity contribution >= 4 is 11.0 Å². The summed E-state index contributed by atoms with van der Waals surface area (Å²) in [6, 6.07) is 9.52. The fourth-order valence-electron chi connectivity index (χ4n) is 1.91. The summed E-state index contributed by atoms with van der Waals surface area (Å²) in [5.74, 6) is 1.09. The van der Waals surface area contributed by atoms with Crippen LogP contribution in [-0.2, 0) is 7.05 Å². The van der Waals surface area contributed by atoms with Crippen LogP contribution in [0.15, 0.2) is 47.1 Å². The number of imidazole rings is 1. The molecule has 2 aromatic heterocycles. The van der Waals surface area contributed by atoms with Crippen molar-refractivity contribution in [2.45, 2.75) is 6.10 Å². The highest BCUT2D eigenvalue weighted by atomic mass is 16.4. The van der Waals surface area contributed by atoms with Crippen molar-refractivity contribution < 1.29 is 9.52 Å². The van der Waals surface area contributed by atoms with E-state index in [4.69, 9.17) is 4.42 Å². The number of aromatic nitrogens is 2. The maximum Gasteiger partial charge on any atom is 0.169 e. The monoisotopic (exact) mass is 228 g/mol. The molecule has 0 aliphatic rings. The van der Waals surface area contributed by atoms with Gasteiger partial charge in [0, 0.05) is 24.8 Å². The summed E-state index contributed by atoms with van der Waals surface area (Å²) in [6.45, 7) is 0. The van der Waals surface area contributed by atoms with Crippen LogP contribution in [0.5, 0.6) is 0 Å². The standard InChI is InChI=1S/C13H12N2O2/c1-15-7-6-14-13(15)12(16)11-8-9-4-2-3-5-10(9)17-11/h2-8,12,16H,1H3. The molecule has 0 amide bonds. The molecule has 0 bridgehead atoms. The van der Waals surface area contributed by atoms with Gasteiger partial charge in [0.1, 0.15) is 17.2 Å². The number of benzene rings is 1. The van der Waals surface area contributed by atoms with E-state index in [1.807, 2.05) is 37.4 Å². The summed E-state index contributed by atoms with van der Waals surface area (Å²) in [6.07, 6.45) is 2.62. The third-order valence-electron chi connectivity index (χ3n) is 2.82. The van der Waals surface area contributed by atoms with Crippen LogP contribution in [0.25, 0.3) is 11.0 Å². The Morgan fingerprint density at radius 2 is 2.18 bits per heavy atom. The number of aliphatic hydroxyl groups is 1. The van der Waals surface area contributed by atoms with Crippen LogP contribution in [0.3, 0.4) is 0 Å². The molecule has 3 aromatic rings. The van der Waals surface area contributed by atoms with E-state index in [9.17, 15) is 5.11 Å². The zero-order chi connectivity index (χ0) is 11.8.